The summed E-state index contributed by atoms with van der Waals surface area (Å²) in [5.74, 6) is 1.80. The molecule has 0 aliphatic carbocycles. The van der Waals surface area contributed by atoms with Gasteiger partial charge >= 0.3 is 0 Å². The van der Waals surface area contributed by atoms with E-state index in [4.69, 9.17) is 30.5 Å². The minimum absolute atomic E-state index is 0.200. The smallest absolute Gasteiger partial charge is 0.264 e. The molecule has 4 aromatic rings. The van der Waals surface area contributed by atoms with Gasteiger partial charge in [0.2, 0.25) is 0 Å². The Morgan fingerprint density at radius 1 is 1.00 bits per heavy atom. The minimum Gasteiger partial charge on any atom is -0.493 e. The molecular weight excluding hydrogens is 541 g/mol. The van der Waals surface area contributed by atoms with E-state index in [1.165, 1.54) is 17.4 Å². The Balaban J connectivity index is 1.40. The van der Waals surface area contributed by atoms with E-state index >= 15 is 4.39 Å². The van der Waals surface area contributed by atoms with Gasteiger partial charge in [-0.2, -0.15) is 0 Å². The second-order valence-electron chi connectivity index (χ2n) is 9.21. The lowest BCUT2D eigenvalue weighted by atomic mass is 9.87. The number of fused-ring (bicyclic) bond motifs is 2. The van der Waals surface area contributed by atoms with Crippen LogP contribution in [0.4, 0.5) is 4.39 Å². The SMILES string of the molecule is COc1cc2c(cc1OC)[C@@H](c1c(F)cccc1Cl)N(C(=O)c1ccc(-c3ccc4c(c3)OCCO4)s1)CC2. The summed E-state index contributed by atoms with van der Waals surface area (Å²) < 4.78 is 37.8. The van der Waals surface area contributed by atoms with Crippen molar-refractivity contribution in [1.82, 2.24) is 4.90 Å². The molecule has 0 unspecified atom stereocenters. The summed E-state index contributed by atoms with van der Waals surface area (Å²) in [5, 5.41) is 0.253. The van der Waals surface area contributed by atoms with Crippen molar-refractivity contribution in [3.05, 3.63) is 93.1 Å². The maximum Gasteiger partial charge on any atom is 0.264 e. The third-order valence-corrected chi connectivity index (χ3v) is 8.50. The zero-order chi connectivity index (χ0) is 27.1. The van der Waals surface area contributed by atoms with Crippen LogP contribution in [-0.4, -0.2) is 44.8 Å². The van der Waals surface area contributed by atoms with Crippen LogP contribution in [0, 0.1) is 5.82 Å². The van der Waals surface area contributed by atoms with Crippen molar-refractivity contribution in [2.24, 2.45) is 0 Å². The van der Waals surface area contributed by atoms with Gasteiger partial charge in [0.05, 0.1) is 25.1 Å². The maximum atomic E-state index is 15.4. The average Bonchev–Trinajstić information content (AvgIpc) is 3.46. The molecule has 6 nitrogen and oxygen atoms in total. The van der Waals surface area contributed by atoms with Crippen molar-refractivity contribution in [3.8, 4) is 33.4 Å². The Morgan fingerprint density at radius 2 is 1.77 bits per heavy atom. The first-order valence-electron chi connectivity index (χ1n) is 12.5. The van der Waals surface area contributed by atoms with E-state index in [9.17, 15) is 4.79 Å². The molecule has 1 aromatic heterocycles. The number of thiophene rings is 1. The van der Waals surface area contributed by atoms with Gasteiger partial charge in [0.1, 0.15) is 19.0 Å². The van der Waals surface area contributed by atoms with E-state index in [1.807, 2.05) is 42.5 Å². The molecule has 0 spiro atoms. The van der Waals surface area contributed by atoms with Gasteiger partial charge in [-0.15, -0.1) is 11.3 Å². The number of rotatable bonds is 5. The Hall–Kier alpha value is -3.75. The summed E-state index contributed by atoms with van der Waals surface area (Å²) in [6.45, 7) is 1.40. The fourth-order valence-corrected chi connectivity index (χ4v) is 6.42. The molecule has 0 saturated carbocycles. The van der Waals surface area contributed by atoms with E-state index in [2.05, 4.69) is 0 Å². The molecule has 3 heterocycles. The van der Waals surface area contributed by atoms with Gasteiger partial charge in [-0.1, -0.05) is 17.7 Å². The van der Waals surface area contributed by atoms with Gasteiger partial charge in [-0.3, -0.25) is 4.79 Å². The third kappa shape index (κ3) is 4.57. The molecular formula is C30H25ClFNO5S. The highest BCUT2D eigenvalue weighted by Gasteiger charge is 2.37. The molecule has 2 aliphatic heterocycles. The number of amides is 1. The first-order valence-corrected chi connectivity index (χ1v) is 13.7. The molecule has 3 aromatic carbocycles. The summed E-state index contributed by atoms with van der Waals surface area (Å²) in [6, 6.07) is 17.0. The average molecular weight is 566 g/mol. The summed E-state index contributed by atoms with van der Waals surface area (Å²) in [7, 11) is 3.12. The molecule has 39 heavy (non-hydrogen) atoms. The number of methoxy groups -OCH3 is 2. The van der Waals surface area contributed by atoms with Gasteiger partial charge in [-0.05, 0) is 77.7 Å². The number of hydrogen-bond acceptors (Lipinski definition) is 6. The topological polar surface area (TPSA) is 57.2 Å². The zero-order valence-electron chi connectivity index (χ0n) is 21.3. The number of hydrogen-bond donors (Lipinski definition) is 0. The second kappa shape index (κ2) is 10.4. The van der Waals surface area contributed by atoms with Crippen LogP contribution >= 0.6 is 22.9 Å². The predicted octanol–water partition coefficient (Wildman–Crippen LogP) is 6.78. The maximum absolute atomic E-state index is 15.4. The quantitative estimate of drug-likeness (QED) is 0.267. The molecule has 1 amide bonds. The largest absolute Gasteiger partial charge is 0.493 e. The minimum atomic E-state index is -0.741. The molecule has 0 fully saturated rings. The predicted molar refractivity (Wildman–Crippen MR) is 148 cm³/mol. The van der Waals surface area contributed by atoms with Gasteiger partial charge in [0, 0.05) is 22.0 Å². The van der Waals surface area contributed by atoms with Crippen LogP contribution in [0.25, 0.3) is 10.4 Å². The molecule has 1 atom stereocenters. The van der Waals surface area contributed by atoms with Crippen molar-refractivity contribution in [3.63, 3.8) is 0 Å². The molecule has 2 aliphatic rings. The summed E-state index contributed by atoms with van der Waals surface area (Å²) in [4.78, 5) is 17.2. The monoisotopic (exact) mass is 565 g/mol. The van der Waals surface area contributed by atoms with Gasteiger partial charge < -0.3 is 23.8 Å². The number of halogens is 2. The molecule has 200 valence electrons. The molecule has 0 bridgehead atoms. The number of carbonyl (C=O) groups excluding carboxylic acids is 1. The normalized spacial score (nSPS) is 16.0. The van der Waals surface area contributed by atoms with Gasteiger partial charge in [-0.25, -0.2) is 4.39 Å². The summed E-state index contributed by atoms with van der Waals surface area (Å²) in [5.41, 5.74) is 2.88. The fraction of sp³-hybridized carbons (Fsp3) is 0.233. The van der Waals surface area contributed by atoms with Crippen molar-refractivity contribution in [1.29, 1.82) is 0 Å². The van der Waals surface area contributed by atoms with E-state index in [-0.39, 0.29) is 16.5 Å². The molecule has 0 saturated heterocycles. The van der Waals surface area contributed by atoms with Crippen LogP contribution in [0.3, 0.4) is 0 Å². The Bertz CT molecular complexity index is 1550. The van der Waals surface area contributed by atoms with Gasteiger partial charge in [0.25, 0.3) is 5.91 Å². The number of ether oxygens (including phenoxy) is 4. The first-order chi connectivity index (χ1) is 19.0. The number of nitrogens with zero attached hydrogens (tertiary/aromatic N) is 1. The summed E-state index contributed by atoms with van der Waals surface area (Å²) in [6.07, 6.45) is 0.574. The molecule has 0 N–H and O–H groups in total. The summed E-state index contributed by atoms with van der Waals surface area (Å²) >= 11 is 7.95. The highest BCUT2D eigenvalue weighted by atomic mass is 35.5. The number of carbonyl (C=O) groups is 1. The lowest BCUT2D eigenvalue weighted by Gasteiger charge is -2.38. The van der Waals surface area contributed by atoms with E-state index < -0.39 is 11.9 Å². The highest BCUT2D eigenvalue weighted by Crippen LogP contribution is 2.45. The van der Waals surface area contributed by atoms with Crippen LogP contribution < -0.4 is 18.9 Å². The molecule has 9 heteroatoms. The van der Waals surface area contributed by atoms with E-state index in [1.54, 1.807) is 31.3 Å². The Morgan fingerprint density at radius 3 is 2.54 bits per heavy atom. The lowest BCUT2D eigenvalue weighted by Crippen LogP contribution is -2.40. The van der Waals surface area contributed by atoms with Gasteiger partial charge in [0.15, 0.2) is 23.0 Å². The standard InChI is InChI=1S/C30H25ClFNO5S/c1-35-23-14-17-10-11-33(29(19(17)16-24(23)36-2)28-20(31)4-3-5-21(28)32)30(34)27-9-8-26(39-27)18-6-7-22-25(15-18)38-13-12-37-22/h3-9,14-16,29H,10-13H2,1-2H3/t29-/m0/s1. The fourth-order valence-electron chi connectivity index (χ4n) is 5.19. The Labute approximate surface area is 234 Å². The van der Waals surface area contributed by atoms with Crippen LogP contribution in [0.15, 0.2) is 60.7 Å². The Kier molecular flexibility index (Phi) is 6.83. The van der Waals surface area contributed by atoms with E-state index in [0.29, 0.717) is 54.1 Å². The highest BCUT2D eigenvalue weighted by molar-refractivity contribution is 7.17. The molecule has 0 radical (unpaired) electrons. The van der Waals surface area contributed by atoms with Crippen molar-refractivity contribution >= 4 is 28.8 Å². The third-order valence-electron chi connectivity index (χ3n) is 7.05. The zero-order valence-corrected chi connectivity index (χ0v) is 22.9. The first kappa shape index (κ1) is 25.5. The van der Waals surface area contributed by atoms with Crippen LogP contribution in [0.5, 0.6) is 23.0 Å². The number of benzene rings is 3. The second-order valence-corrected chi connectivity index (χ2v) is 10.7. The lowest BCUT2D eigenvalue weighted by molar-refractivity contribution is 0.0697. The van der Waals surface area contributed by atoms with Crippen molar-refractivity contribution < 1.29 is 28.1 Å². The van der Waals surface area contributed by atoms with Crippen molar-refractivity contribution in [2.45, 2.75) is 12.5 Å². The van der Waals surface area contributed by atoms with Crippen molar-refractivity contribution in [2.75, 3.05) is 34.0 Å². The van der Waals surface area contributed by atoms with Crippen LogP contribution in [0.1, 0.15) is 32.4 Å². The van der Waals surface area contributed by atoms with E-state index in [0.717, 1.165) is 21.6 Å². The van der Waals surface area contributed by atoms with Crippen LogP contribution in [0.2, 0.25) is 5.02 Å². The van der Waals surface area contributed by atoms with Crippen LogP contribution in [-0.2, 0) is 6.42 Å². The molecule has 6 rings (SSSR count).